The topological polar surface area (TPSA) is 58.4 Å². The van der Waals surface area contributed by atoms with E-state index in [-0.39, 0.29) is 5.91 Å². The van der Waals surface area contributed by atoms with Crippen LogP contribution in [-0.4, -0.2) is 31.6 Å². The molecule has 0 radical (unpaired) electrons. The molecule has 0 unspecified atom stereocenters. The molecule has 1 aromatic carbocycles. The van der Waals surface area contributed by atoms with Crippen LogP contribution >= 0.6 is 0 Å². The van der Waals surface area contributed by atoms with E-state index in [0.29, 0.717) is 17.9 Å². The minimum atomic E-state index is -0.0845. The van der Waals surface area contributed by atoms with E-state index in [1.165, 1.54) is 0 Å². The third-order valence-corrected chi connectivity index (χ3v) is 1.73. The monoisotopic (exact) mass is 193 g/mol. The van der Waals surface area contributed by atoms with E-state index in [9.17, 15) is 4.79 Å². The molecule has 0 aliphatic rings. The van der Waals surface area contributed by atoms with Crippen molar-refractivity contribution in [3.05, 3.63) is 29.8 Å². The summed E-state index contributed by atoms with van der Waals surface area (Å²) in [7, 11) is 3.78. The standard InChI is InChI=1S/C10H15N3O/c1-13(2)7-12-10(14)8-3-5-9(11)6-4-8/h3-6H,7,11H2,1-2H3,(H,12,14). The van der Waals surface area contributed by atoms with Gasteiger partial charge < -0.3 is 11.1 Å². The van der Waals surface area contributed by atoms with Gasteiger partial charge in [0.05, 0.1) is 6.67 Å². The second-order valence-corrected chi connectivity index (χ2v) is 3.37. The van der Waals surface area contributed by atoms with Crippen LogP contribution in [-0.2, 0) is 0 Å². The highest BCUT2D eigenvalue weighted by Gasteiger charge is 2.03. The summed E-state index contributed by atoms with van der Waals surface area (Å²) in [5.41, 5.74) is 6.80. The molecule has 0 aromatic heterocycles. The van der Waals surface area contributed by atoms with Crippen LogP contribution in [0.1, 0.15) is 10.4 Å². The van der Waals surface area contributed by atoms with Crippen LogP contribution in [0.25, 0.3) is 0 Å². The molecule has 0 heterocycles. The van der Waals surface area contributed by atoms with Crippen molar-refractivity contribution in [2.75, 3.05) is 26.5 Å². The number of nitrogens with zero attached hydrogens (tertiary/aromatic N) is 1. The molecular formula is C10H15N3O. The molecule has 4 nitrogen and oxygen atoms in total. The SMILES string of the molecule is CN(C)CNC(=O)c1ccc(N)cc1. The van der Waals surface area contributed by atoms with Gasteiger partial charge in [0.2, 0.25) is 0 Å². The highest BCUT2D eigenvalue weighted by atomic mass is 16.1. The van der Waals surface area contributed by atoms with Crippen LogP contribution in [0.5, 0.6) is 0 Å². The van der Waals surface area contributed by atoms with Crippen LogP contribution in [0.3, 0.4) is 0 Å². The Balaban J connectivity index is 2.57. The van der Waals surface area contributed by atoms with Crippen molar-refractivity contribution in [3.8, 4) is 0 Å². The summed E-state index contributed by atoms with van der Waals surface area (Å²) >= 11 is 0. The van der Waals surface area contributed by atoms with Gasteiger partial charge in [-0.25, -0.2) is 0 Å². The van der Waals surface area contributed by atoms with Gasteiger partial charge in [0.15, 0.2) is 0 Å². The van der Waals surface area contributed by atoms with Gasteiger partial charge >= 0.3 is 0 Å². The summed E-state index contributed by atoms with van der Waals surface area (Å²) < 4.78 is 0. The number of nitrogen functional groups attached to an aromatic ring is 1. The second-order valence-electron chi connectivity index (χ2n) is 3.37. The quantitative estimate of drug-likeness (QED) is 0.543. The van der Waals surface area contributed by atoms with Crippen LogP contribution in [0.15, 0.2) is 24.3 Å². The highest BCUT2D eigenvalue weighted by Crippen LogP contribution is 2.04. The molecule has 3 N–H and O–H groups in total. The lowest BCUT2D eigenvalue weighted by atomic mass is 10.2. The molecule has 0 aliphatic carbocycles. The first-order chi connectivity index (χ1) is 6.59. The fourth-order valence-corrected chi connectivity index (χ4v) is 0.966. The second kappa shape index (κ2) is 4.62. The molecule has 14 heavy (non-hydrogen) atoms. The Morgan fingerprint density at radius 3 is 2.43 bits per heavy atom. The zero-order valence-electron chi connectivity index (χ0n) is 8.45. The number of rotatable bonds is 3. The highest BCUT2D eigenvalue weighted by molar-refractivity contribution is 5.94. The van der Waals surface area contributed by atoms with Gasteiger partial charge in [0.25, 0.3) is 5.91 Å². The molecule has 1 amide bonds. The molecule has 0 spiro atoms. The molecule has 0 bridgehead atoms. The van der Waals surface area contributed by atoms with Gasteiger partial charge in [-0.05, 0) is 38.4 Å². The minimum Gasteiger partial charge on any atom is -0.399 e. The van der Waals surface area contributed by atoms with Gasteiger partial charge in [-0.15, -0.1) is 0 Å². The number of nitrogens with two attached hydrogens (primary N) is 1. The average Bonchev–Trinajstić information content (AvgIpc) is 2.15. The molecule has 0 saturated heterocycles. The molecule has 0 saturated carbocycles. The Hall–Kier alpha value is -1.55. The number of benzene rings is 1. The number of nitrogens with one attached hydrogen (secondary N) is 1. The normalized spacial score (nSPS) is 10.2. The van der Waals surface area contributed by atoms with E-state index < -0.39 is 0 Å². The fraction of sp³-hybridized carbons (Fsp3) is 0.300. The van der Waals surface area contributed by atoms with E-state index >= 15 is 0 Å². The lowest BCUT2D eigenvalue weighted by Gasteiger charge is -2.10. The zero-order chi connectivity index (χ0) is 10.6. The number of anilines is 1. The molecule has 0 aliphatic heterocycles. The van der Waals surface area contributed by atoms with Crippen molar-refractivity contribution >= 4 is 11.6 Å². The van der Waals surface area contributed by atoms with Crippen molar-refractivity contribution in [2.24, 2.45) is 0 Å². The number of amides is 1. The maximum Gasteiger partial charge on any atom is 0.252 e. The maximum atomic E-state index is 11.5. The fourth-order valence-electron chi connectivity index (χ4n) is 0.966. The first-order valence-electron chi connectivity index (χ1n) is 4.38. The first-order valence-corrected chi connectivity index (χ1v) is 4.38. The Labute approximate surface area is 83.7 Å². The smallest absolute Gasteiger partial charge is 0.252 e. The van der Waals surface area contributed by atoms with Crippen LogP contribution in [0, 0.1) is 0 Å². The Bertz CT molecular complexity index is 306. The molecule has 1 aromatic rings. The summed E-state index contributed by atoms with van der Waals surface area (Å²) in [6.07, 6.45) is 0. The molecule has 4 heteroatoms. The summed E-state index contributed by atoms with van der Waals surface area (Å²) in [4.78, 5) is 13.4. The summed E-state index contributed by atoms with van der Waals surface area (Å²) in [6, 6.07) is 6.84. The number of carbonyl (C=O) groups is 1. The number of hydrogen-bond donors (Lipinski definition) is 2. The van der Waals surface area contributed by atoms with Gasteiger partial charge in [0, 0.05) is 11.3 Å². The van der Waals surface area contributed by atoms with Gasteiger partial charge in [-0.1, -0.05) is 0 Å². The molecule has 0 fully saturated rings. The van der Waals surface area contributed by atoms with E-state index in [1.54, 1.807) is 24.3 Å². The van der Waals surface area contributed by atoms with Gasteiger partial charge in [0.1, 0.15) is 0 Å². The van der Waals surface area contributed by atoms with Crippen molar-refractivity contribution < 1.29 is 4.79 Å². The lowest BCUT2D eigenvalue weighted by Crippen LogP contribution is -2.32. The predicted molar refractivity (Wildman–Crippen MR) is 56.9 cm³/mol. The first kappa shape index (κ1) is 10.5. The third kappa shape index (κ3) is 3.06. The molecule has 76 valence electrons. The van der Waals surface area contributed by atoms with Crippen LogP contribution in [0.4, 0.5) is 5.69 Å². The van der Waals surface area contributed by atoms with E-state index in [0.717, 1.165) is 0 Å². The minimum absolute atomic E-state index is 0.0845. The van der Waals surface area contributed by atoms with Crippen molar-refractivity contribution in [3.63, 3.8) is 0 Å². The van der Waals surface area contributed by atoms with E-state index in [1.807, 2.05) is 19.0 Å². The molecule has 1 rings (SSSR count). The number of carbonyl (C=O) groups excluding carboxylic acids is 1. The Kier molecular flexibility index (Phi) is 3.48. The van der Waals surface area contributed by atoms with Gasteiger partial charge in [-0.3, -0.25) is 9.69 Å². The van der Waals surface area contributed by atoms with E-state index in [4.69, 9.17) is 5.73 Å². The number of hydrogen-bond acceptors (Lipinski definition) is 3. The summed E-state index contributed by atoms with van der Waals surface area (Å²) in [5, 5.41) is 2.76. The summed E-state index contributed by atoms with van der Waals surface area (Å²) in [5.74, 6) is -0.0845. The van der Waals surface area contributed by atoms with Crippen molar-refractivity contribution in [1.29, 1.82) is 0 Å². The molecule has 0 atom stereocenters. The third-order valence-electron chi connectivity index (χ3n) is 1.73. The molecular weight excluding hydrogens is 178 g/mol. The Morgan fingerprint density at radius 2 is 1.93 bits per heavy atom. The largest absolute Gasteiger partial charge is 0.399 e. The van der Waals surface area contributed by atoms with Crippen LogP contribution < -0.4 is 11.1 Å². The van der Waals surface area contributed by atoms with Crippen molar-refractivity contribution in [1.82, 2.24) is 10.2 Å². The average molecular weight is 193 g/mol. The summed E-state index contributed by atoms with van der Waals surface area (Å²) in [6.45, 7) is 0.531. The van der Waals surface area contributed by atoms with E-state index in [2.05, 4.69) is 5.32 Å². The Morgan fingerprint density at radius 1 is 1.36 bits per heavy atom. The van der Waals surface area contributed by atoms with Gasteiger partial charge in [-0.2, -0.15) is 0 Å². The van der Waals surface area contributed by atoms with Crippen LogP contribution in [0.2, 0.25) is 0 Å². The predicted octanol–water partition coefficient (Wildman–Crippen LogP) is 0.518. The van der Waals surface area contributed by atoms with Crippen molar-refractivity contribution in [2.45, 2.75) is 0 Å². The lowest BCUT2D eigenvalue weighted by molar-refractivity contribution is 0.0935. The maximum absolute atomic E-state index is 11.5. The zero-order valence-corrected chi connectivity index (χ0v) is 8.45.